The summed E-state index contributed by atoms with van der Waals surface area (Å²) in [7, 11) is 0. The maximum Gasteiger partial charge on any atom is 0.0541 e. The fraction of sp³-hybridized carbons (Fsp3) is 0.308. The zero-order valence-corrected chi connectivity index (χ0v) is 16.1. The van der Waals surface area contributed by atoms with Crippen molar-refractivity contribution in [1.29, 1.82) is 0 Å². The van der Waals surface area contributed by atoms with Crippen molar-refractivity contribution in [3.63, 3.8) is 0 Å². The second-order valence-electron chi connectivity index (χ2n) is 8.35. The van der Waals surface area contributed by atoms with Crippen LogP contribution in [0.2, 0.25) is 0 Å². The molecule has 1 fully saturated rings. The molecule has 0 radical (unpaired) electrons. The van der Waals surface area contributed by atoms with Crippen molar-refractivity contribution < 1.29 is 0 Å². The van der Waals surface area contributed by atoms with Crippen molar-refractivity contribution in [2.24, 2.45) is 11.3 Å². The lowest BCUT2D eigenvalue weighted by Gasteiger charge is -2.35. The summed E-state index contributed by atoms with van der Waals surface area (Å²) in [5, 5.41) is 1.34. The third-order valence-electron chi connectivity index (χ3n) is 6.66. The molecular weight excluding hydrogens is 326 g/mol. The van der Waals surface area contributed by atoms with Gasteiger partial charge in [0.05, 0.1) is 11.2 Å². The number of hydrogen-bond donors (Lipinski definition) is 0. The topological polar surface area (TPSA) is 4.93 Å². The smallest absolute Gasteiger partial charge is 0.0541 e. The van der Waals surface area contributed by atoms with Crippen LogP contribution in [0, 0.1) is 11.3 Å². The summed E-state index contributed by atoms with van der Waals surface area (Å²) in [5.74, 6) is 0.763. The van der Waals surface area contributed by atoms with Crippen LogP contribution in [0.15, 0.2) is 66.7 Å². The van der Waals surface area contributed by atoms with Gasteiger partial charge in [0.25, 0.3) is 0 Å². The summed E-state index contributed by atoms with van der Waals surface area (Å²) in [6.45, 7) is 2.43. The molecule has 5 rings (SSSR count). The van der Waals surface area contributed by atoms with Crippen molar-refractivity contribution in [3.8, 4) is 5.69 Å². The summed E-state index contributed by atoms with van der Waals surface area (Å²) < 4.78 is 2.41. The standard InChI is InChI=1S/C26H27N/c1-26(20-10-4-2-5-11-20)18-16-23-22-14-8-9-15-24(22)27(25(23)17-19-26)21-12-6-3-7-13-21/h3,6-9,12-20H,2,4-5,10-11H2,1H3. The number of allylic oxidation sites excluding steroid dienone is 2. The lowest BCUT2D eigenvalue weighted by atomic mass is 9.69. The molecule has 1 atom stereocenters. The minimum atomic E-state index is 0.155. The highest BCUT2D eigenvalue weighted by Crippen LogP contribution is 2.44. The Balaban J connectivity index is 1.69. The van der Waals surface area contributed by atoms with Gasteiger partial charge in [-0.1, -0.05) is 80.8 Å². The molecular formula is C26H27N. The Hall–Kier alpha value is -2.54. The van der Waals surface area contributed by atoms with Crippen molar-refractivity contribution in [1.82, 2.24) is 4.57 Å². The molecule has 0 amide bonds. The summed E-state index contributed by atoms with van der Waals surface area (Å²) in [6.07, 6.45) is 16.6. The van der Waals surface area contributed by atoms with Gasteiger partial charge in [-0.25, -0.2) is 0 Å². The third kappa shape index (κ3) is 2.77. The van der Waals surface area contributed by atoms with Gasteiger partial charge in [-0.05, 0) is 43.0 Å². The summed E-state index contributed by atoms with van der Waals surface area (Å²) >= 11 is 0. The minimum absolute atomic E-state index is 0.155. The first-order valence-electron chi connectivity index (χ1n) is 10.3. The average molecular weight is 354 g/mol. The van der Waals surface area contributed by atoms with E-state index in [4.69, 9.17) is 0 Å². The van der Waals surface area contributed by atoms with Gasteiger partial charge in [-0.2, -0.15) is 0 Å². The molecule has 0 saturated heterocycles. The van der Waals surface area contributed by atoms with Crippen LogP contribution in [0.5, 0.6) is 0 Å². The Morgan fingerprint density at radius 1 is 0.815 bits per heavy atom. The second-order valence-corrected chi connectivity index (χ2v) is 8.35. The Labute approximate surface area is 162 Å². The van der Waals surface area contributed by atoms with E-state index in [0.717, 1.165) is 5.92 Å². The van der Waals surface area contributed by atoms with Crippen molar-refractivity contribution in [2.75, 3.05) is 0 Å². The molecule has 27 heavy (non-hydrogen) atoms. The summed E-state index contributed by atoms with van der Waals surface area (Å²) in [6, 6.07) is 19.5. The molecule has 1 heteroatoms. The first-order valence-corrected chi connectivity index (χ1v) is 10.3. The van der Waals surface area contributed by atoms with E-state index >= 15 is 0 Å². The maximum absolute atomic E-state index is 2.48. The number of nitrogens with zero attached hydrogens (tertiary/aromatic N) is 1. The van der Waals surface area contributed by atoms with Gasteiger partial charge in [-0.3, -0.25) is 0 Å². The van der Waals surface area contributed by atoms with Crippen LogP contribution in [0.25, 0.3) is 28.7 Å². The monoisotopic (exact) mass is 353 g/mol. The Bertz CT molecular complexity index is 1020. The first kappa shape index (κ1) is 16.6. The van der Waals surface area contributed by atoms with Crippen LogP contribution in [-0.4, -0.2) is 4.57 Å². The van der Waals surface area contributed by atoms with Gasteiger partial charge in [0, 0.05) is 22.1 Å². The predicted octanol–water partition coefficient (Wildman–Crippen LogP) is 7.26. The molecule has 2 aromatic carbocycles. The van der Waals surface area contributed by atoms with Crippen LogP contribution in [0.4, 0.5) is 0 Å². The largest absolute Gasteiger partial charge is 0.309 e. The maximum atomic E-state index is 2.48. The van der Waals surface area contributed by atoms with E-state index in [1.807, 2.05) is 0 Å². The Morgan fingerprint density at radius 2 is 1.52 bits per heavy atom. The molecule has 0 aliphatic heterocycles. The SMILES string of the molecule is CC1(C2CCCCC2)C=Cc2c(n(-c3ccccc3)c3ccccc23)C=C1. The number of para-hydroxylation sites is 2. The van der Waals surface area contributed by atoms with Crippen LogP contribution < -0.4 is 0 Å². The average Bonchev–Trinajstić information content (AvgIpc) is 2.94. The van der Waals surface area contributed by atoms with Crippen LogP contribution >= 0.6 is 0 Å². The number of hydrogen-bond acceptors (Lipinski definition) is 0. The van der Waals surface area contributed by atoms with E-state index in [2.05, 4.69) is 90.4 Å². The van der Waals surface area contributed by atoms with Gasteiger partial charge < -0.3 is 4.57 Å². The Kier molecular flexibility index (Phi) is 4.04. The molecule has 1 heterocycles. The molecule has 0 N–H and O–H groups in total. The fourth-order valence-corrected chi connectivity index (χ4v) is 5.05. The summed E-state index contributed by atoms with van der Waals surface area (Å²) in [4.78, 5) is 0. The molecule has 2 aliphatic carbocycles. The molecule has 3 aromatic rings. The van der Waals surface area contributed by atoms with Crippen LogP contribution in [-0.2, 0) is 0 Å². The lowest BCUT2D eigenvalue weighted by molar-refractivity contribution is 0.240. The van der Waals surface area contributed by atoms with Gasteiger partial charge >= 0.3 is 0 Å². The van der Waals surface area contributed by atoms with Crippen molar-refractivity contribution in [2.45, 2.75) is 39.0 Å². The number of fused-ring (bicyclic) bond motifs is 3. The lowest BCUT2D eigenvalue weighted by Crippen LogP contribution is -2.25. The van der Waals surface area contributed by atoms with Gasteiger partial charge in [0.2, 0.25) is 0 Å². The second kappa shape index (κ2) is 6.56. The number of benzene rings is 2. The molecule has 1 nitrogen and oxygen atoms in total. The van der Waals surface area contributed by atoms with E-state index in [1.165, 1.54) is 60.0 Å². The van der Waals surface area contributed by atoms with E-state index in [-0.39, 0.29) is 5.41 Å². The van der Waals surface area contributed by atoms with Crippen LogP contribution in [0.1, 0.15) is 50.3 Å². The third-order valence-corrected chi connectivity index (χ3v) is 6.66. The van der Waals surface area contributed by atoms with E-state index < -0.39 is 0 Å². The van der Waals surface area contributed by atoms with Gasteiger partial charge in [-0.15, -0.1) is 0 Å². The molecule has 0 spiro atoms. The van der Waals surface area contributed by atoms with E-state index in [1.54, 1.807) is 0 Å². The van der Waals surface area contributed by atoms with Crippen molar-refractivity contribution >= 4 is 23.1 Å². The highest BCUT2D eigenvalue weighted by Gasteiger charge is 2.32. The van der Waals surface area contributed by atoms with Crippen molar-refractivity contribution in [3.05, 3.63) is 78.0 Å². The van der Waals surface area contributed by atoms with E-state index in [9.17, 15) is 0 Å². The zero-order valence-electron chi connectivity index (χ0n) is 16.1. The molecule has 0 bridgehead atoms. The predicted molar refractivity (Wildman–Crippen MR) is 116 cm³/mol. The molecule has 1 saturated carbocycles. The Morgan fingerprint density at radius 3 is 2.33 bits per heavy atom. The molecule has 136 valence electrons. The highest BCUT2D eigenvalue weighted by atomic mass is 15.0. The van der Waals surface area contributed by atoms with Gasteiger partial charge in [0.15, 0.2) is 0 Å². The summed E-state index contributed by atoms with van der Waals surface area (Å²) in [5.41, 5.74) is 5.32. The first-order chi connectivity index (χ1) is 13.3. The number of rotatable bonds is 2. The van der Waals surface area contributed by atoms with E-state index in [0.29, 0.717) is 0 Å². The zero-order chi connectivity index (χ0) is 18.3. The van der Waals surface area contributed by atoms with Gasteiger partial charge in [0.1, 0.15) is 0 Å². The molecule has 1 aromatic heterocycles. The normalized spacial score (nSPS) is 22.7. The minimum Gasteiger partial charge on any atom is -0.309 e. The number of aromatic nitrogens is 1. The molecule has 2 aliphatic rings. The highest BCUT2D eigenvalue weighted by molar-refractivity contribution is 5.96. The quantitative estimate of drug-likeness (QED) is 0.457. The van der Waals surface area contributed by atoms with Crippen LogP contribution in [0.3, 0.4) is 0 Å². The fourth-order valence-electron chi connectivity index (χ4n) is 5.05. The molecule has 1 unspecified atom stereocenters.